The molecular formula is C23H19F6N3O4. The molecule has 0 bridgehead atoms. The number of benzene rings is 2. The highest BCUT2D eigenvalue weighted by molar-refractivity contribution is 5.93. The number of halogens is 6. The van der Waals surface area contributed by atoms with Gasteiger partial charge in [0.15, 0.2) is 0 Å². The zero-order valence-electron chi connectivity index (χ0n) is 18.5. The SMILES string of the molecule is O=C(CC1COCCO1)N(Cc1ccc(-c2noc(C(F)(F)F)n2)cc1)c1cccc(C(F)(F)F)c1. The number of carbonyl (C=O) groups is 1. The van der Waals surface area contributed by atoms with Crippen molar-refractivity contribution in [1.82, 2.24) is 10.1 Å². The minimum atomic E-state index is -4.79. The van der Waals surface area contributed by atoms with Gasteiger partial charge in [-0.25, -0.2) is 0 Å². The van der Waals surface area contributed by atoms with Crippen LogP contribution in [0.2, 0.25) is 0 Å². The Kier molecular flexibility index (Phi) is 7.31. The van der Waals surface area contributed by atoms with Gasteiger partial charge < -0.3 is 18.9 Å². The Morgan fingerprint density at radius 1 is 1.00 bits per heavy atom. The highest BCUT2D eigenvalue weighted by Crippen LogP contribution is 2.33. The maximum absolute atomic E-state index is 13.3. The fraction of sp³-hybridized carbons (Fsp3) is 0.348. The molecule has 0 radical (unpaired) electrons. The van der Waals surface area contributed by atoms with Crippen LogP contribution in [-0.2, 0) is 33.2 Å². The lowest BCUT2D eigenvalue weighted by Crippen LogP contribution is -2.37. The van der Waals surface area contributed by atoms with Gasteiger partial charge in [0, 0.05) is 11.3 Å². The number of aromatic nitrogens is 2. The van der Waals surface area contributed by atoms with E-state index in [1.807, 2.05) is 0 Å². The van der Waals surface area contributed by atoms with Gasteiger partial charge in [-0.15, -0.1) is 0 Å². The van der Waals surface area contributed by atoms with Gasteiger partial charge in [0.1, 0.15) is 0 Å². The van der Waals surface area contributed by atoms with Crippen molar-refractivity contribution < 1.29 is 45.1 Å². The monoisotopic (exact) mass is 515 g/mol. The van der Waals surface area contributed by atoms with Crippen LogP contribution in [0.15, 0.2) is 53.1 Å². The van der Waals surface area contributed by atoms with Gasteiger partial charge in [-0.1, -0.05) is 35.5 Å². The molecular weight excluding hydrogens is 496 g/mol. The third kappa shape index (κ3) is 6.21. The smallest absolute Gasteiger partial charge is 0.376 e. The van der Waals surface area contributed by atoms with Crippen LogP contribution in [0, 0.1) is 0 Å². The lowest BCUT2D eigenvalue weighted by Gasteiger charge is -2.28. The standard InChI is InChI=1S/C23H19F6N3O4/c24-22(25,26)16-2-1-3-17(10-16)32(19(33)11-18-13-34-8-9-35-18)12-14-4-6-15(7-5-14)20-30-21(36-31-20)23(27,28)29/h1-7,10,18H,8-9,11-13H2. The van der Waals surface area contributed by atoms with Crippen molar-refractivity contribution in [1.29, 1.82) is 0 Å². The molecule has 0 spiro atoms. The van der Waals surface area contributed by atoms with Crippen molar-refractivity contribution in [2.24, 2.45) is 0 Å². The Morgan fingerprint density at radius 3 is 2.36 bits per heavy atom. The lowest BCUT2D eigenvalue weighted by atomic mass is 10.1. The number of carbonyl (C=O) groups excluding carboxylic acids is 1. The molecule has 0 N–H and O–H groups in total. The van der Waals surface area contributed by atoms with E-state index in [1.165, 1.54) is 41.3 Å². The average Bonchev–Trinajstić information content (AvgIpc) is 3.34. The summed E-state index contributed by atoms with van der Waals surface area (Å²) in [6.07, 6.45) is -10.0. The minimum Gasteiger partial charge on any atom is -0.376 e. The van der Waals surface area contributed by atoms with Gasteiger partial charge in [-0.3, -0.25) is 4.79 Å². The molecule has 1 fully saturated rings. The minimum absolute atomic E-state index is 0.0311. The molecule has 4 rings (SSSR count). The molecule has 7 nitrogen and oxygen atoms in total. The Balaban J connectivity index is 1.58. The first kappa shape index (κ1) is 25.6. The molecule has 2 heterocycles. The molecule has 1 unspecified atom stereocenters. The first-order valence-electron chi connectivity index (χ1n) is 10.7. The van der Waals surface area contributed by atoms with Gasteiger partial charge in [-0.05, 0) is 23.8 Å². The number of rotatable bonds is 6. The maximum Gasteiger partial charge on any atom is 0.471 e. The first-order valence-corrected chi connectivity index (χ1v) is 10.7. The van der Waals surface area contributed by atoms with Gasteiger partial charge in [0.25, 0.3) is 0 Å². The summed E-state index contributed by atoms with van der Waals surface area (Å²) in [7, 11) is 0. The van der Waals surface area contributed by atoms with Crippen LogP contribution in [-0.4, -0.2) is 42.0 Å². The molecule has 13 heteroatoms. The number of hydrogen-bond acceptors (Lipinski definition) is 6. The molecule has 1 amide bonds. The number of anilines is 1. The molecule has 1 aromatic heterocycles. The lowest BCUT2D eigenvalue weighted by molar-refractivity contribution is -0.159. The van der Waals surface area contributed by atoms with E-state index in [4.69, 9.17) is 9.47 Å². The van der Waals surface area contributed by atoms with Gasteiger partial charge >= 0.3 is 18.2 Å². The van der Waals surface area contributed by atoms with E-state index < -0.39 is 35.8 Å². The summed E-state index contributed by atoms with van der Waals surface area (Å²) >= 11 is 0. The van der Waals surface area contributed by atoms with Crippen molar-refractivity contribution in [3.05, 3.63) is 65.5 Å². The Labute approximate surface area is 200 Å². The molecule has 1 aliphatic heterocycles. The van der Waals surface area contributed by atoms with Crippen LogP contribution in [0.4, 0.5) is 32.0 Å². The molecule has 2 aromatic carbocycles. The fourth-order valence-corrected chi connectivity index (χ4v) is 3.53. The van der Waals surface area contributed by atoms with Crippen molar-refractivity contribution in [3.8, 4) is 11.4 Å². The van der Waals surface area contributed by atoms with Crippen molar-refractivity contribution in [2.45, 2.75) is 31.4 Å². The van der Waals surface area contributed by atoms with E-state index in [2.05, 4.69) is 14.7 Å². The Bertz CT molecular complexity index is 1190. The second-order valence-corrected chi connectivity index (χ2v) is 7.92. The summed E-state index contributed by atoms with van der Waals surface area (Å²) in [5.74, 6) is -2.26. The van der Waals surface area contributed by atoms with Crippen LogP contribution in [0.3, 0.4) is 0 Å². The predicted molar refractivity (Wildman–Crippen MR) is 113 cm³/mol. The summed E-state index contributed by atoms with van der Waals surface area (Å²) in [6.45, 7) is 0.768. The number of ether oxygens (including phenoxy) is 2. The van der Waals surface area contributed by atoms with Crippen LogP contribution in [0.5, 0.6) is 0 Å². The van der Waals surface area contributed by atoms with E-state index in [1.54, 1.807) is 0 Å². The van der Waals surface area contributed by atoms with Gasteiger partial charge in [0.2, 0.25) is 11.7 Å². The van der Waals surface area contributed by atoms with Crippen LogP contribution in [0.25, 0.3) is 11.4 Å². The molecule has 36 heavy (non-hydrogen) atoms. The third-order valence-corrected chi connectivity index (χ3v) is 5.29. The van der Waals surface area contributed by atoms with Crippen molar-refractivity contribution in [2.75, 3.05) is 24.7 Å². The number of hydrogen-bond donors (Lipinski definition) is 0. The second kappa shape index (κ2) is 10.3. The van der Waals surface area contributed by atoms with Crippen LogP contribution in [0.1, 0.15) is 23.4 Å². The first-order chi connectivity index (χ1) is 17.0. The quantitative estimate of drug-likeness (QED) is 0.425. The summed E-state index contributed by atoms with van der Waals surface area (Å²) in [5.41, 5.74) is -0.154. The number of alkyl halides is 6. The second-order valence-electron chi connectivity index (χ2n) is 7.92. The van der Waals surface area contributed by atoms with Crippen molar-refractivity contribution in [3.63, 3.8) is 0 Å². The normalized spacial score (nSPS) is 16.7. The highest BCUT2D eigenvalue weighted by atomic mass is 19.4. The summed E-state index contributed by atoms with van der Waals surface area (Å²) < 4.78 is 93.0. The molecule has 192 valence electrons. The molecule has 3 aromatic rings. The van der Waals surface area contributed by atoms with Crippen LogP contribution >= 0.6 is 0 Å². The van der Waals surface area contributed by atoms with E-state index in [-0.39, 0.29) is 36.6 Å². The van der Waals surface area contributed by atoms with E-state index in [9.17, 15) is 31.1 Å². The molecule has 0 aliphatic carbocycles. The zero-order valence-corrected chi connectivity index (χ0v) is 18.5. The Hall–Kier alpha value is -3.45. The molecule has 1 saturated heterocycles. The predicted octanol–water partition coefficient (Wildman–Crippen LogP) is 5.11. The van der Waals surface area contributed by atoms with E-state index >= 15 is 0 Å². The fourth-order valence-electron chi connectivity index (χ4n) is 3.53. The molecule has 1 atom stereocenters. The summed E-state index contributed by atoms with van der Waals surface area (Å²) in [4.78, 5) is 17.6. The number of amides is 1. The highest BCUT2D eigenvalue weighted by Gasteiger charge is 2.38. The Morgan fingerprint density at radius 2 is 1.75 bits per heavy atom. The maximum atomic E-state index is 13.3. The molecule has 1 aliphatic rings. The van der Waals surface area contributed by atoms with Crippen molar-refractivity contribution >= 4 is 11.6 Å². The van der Waals surface area contributed by atoms with Crippen LogP contribution < -0.4 is 4.90 Å². The zero-order chi connectivity index (χ0) is 25.9. The molecule has 0 saturated carbocycles. The largest absolute Gasteiger partial charge is 0.471 e. The average molecular weight is 515 g/mol. The number of nitrogens with zero attached hydrogens (tertiary/aromatic N) is 3. The van der Waals surface area contributed by atoms with Gasteiger partial charge in [0.05, 0.1) is 44.5 Å². The van der Waals surface area contributed by atoms with Gasteiger partial charge in [-0.2, -0.15) is 31.3 Å². The third-order valence-electron chi connectivity index (χ3n) is 5.29. The van der Waals surface area contributed by atoms with E-state index in [0.717, 1.165) is 12.1 Å². The summed E-state index contributed by atoms with van der Waals surface area (Å²) in [6, 6.07) is 10.2. The van der Waals surface area contributed by atoms with E-state index in [0.29, 0.717) is 18.8 Å². The summed E-state index contributed by atoms with van der Waals surface area (Å²) in [5, 5.41) is 3.31. The topological polar surface area (TPSA) is 77.7 Å².